The summed E-state index contributed by atoms with van der Waals surface area (Å²) in [4.78, 5) is 45.7. The maximum Gasteiger partial charge on any atom is 0.255 e. The van der Waals surface area contributed by atoms with Crippen molar-refractivity contribution in [3.05, 3.63) is 70.9 Å². The molecule has 5 rings (SSSR count). The molecule has 1 aromatic heterocycles. The van der Waals surface area contributed by atoms with Crippen molar-refractivity contribution in [1.82, 2.24) is 20.5 Å². The third-order valence-corrected chi connectivity index (χ3v) is 7.18. The van der Waals surface area contributed by atoms with Crippen molar-refractivity contribution in [1.29, 1.82) is 0 Å². The van der Waals surface area contributed by atoms with Crippen molar-refractivity contribution >= 4 is 28.6 Å². The summed E-state index contributed by atoms with van der Waals surface area (Å²) in [6, 6.07) is 13.9. The number of fused-ring (bicyclic) bond motifs is 7. The number of nitrogens with one attached hydrogen (secondary N) is 3. The summed E-state index contributed by atoms with van der Waals surface area (Å²) in [5.41, 5.74) is 4.54. The van der Waals surface area contributed by atoms with Crippen molar-refractivity contribution in [2.24, 2.45) is 11.8 Å². The van der Waals surface area contributed by atoms with E-state index in [9.17, 15) is 14.4 Å². The number of nitrogens with zero attached hydrogens (tertiary/aromatic N) is 1. The van der Waals surface area contributed by atoms with E-state index in [1.54, 1.807) is 4.90 Å². The summed E-state index contributed by atoms with van der Waals surface area (Å²) < 4.78 is 0. The van der Waals surface area contributed by atoms with Gasteiger partial charge in [-0.2, -0.15) is 0 Å². The van der Waals surface area contributed by atoms with Crippen LogP contribution in [0.5, 0.6) is 0 Å². The van der Waals surface area contributed by atoms with E-state index in [-0.39, 0.29) is 29.7 Å². The molecule has 0 saturated carbocycles. The molecule has 2 aliphatic rings. The van der Waals surface area contributed by atoms with Crippen LogP contribution in [0.2, 0.25) is 0 Å². The van der Waals surface area contributed by atoms with Crippen LogP contribution in [0.15, 0.2) is 48.5 Å². The fourth-order valence-electron chi connectivity index (χ4n) is 5.54. The van der Waals surface area contributed by atoms with Crippen LogP contribution in [-0.4, -0.2) is 46.2 Å². The molecule has 0 saturated heterocycles. The van der Waals surface area contributed by atoms with Crippen molar-refractivity contribution in [2.45, 2.75) is 58.7 Å². The van der Waals surface area contributed by atoms with Gasteiger partial charge in [0.1, 0.15) is 12.1 Å². The van der Waals surface area contributed by atoms with E-state index in [0.717, 1.165) is 27.7 Å². The Kier molecular flexibility index (Phi) is 6.33. The topological polar surface area (TPSA) is 94.3 Å². The summed E-state index contributed by atoms with van der Waals surface area (Å²) >= 11 is 0. The number of hydrogen-bond acceptors (Lipinski definition) is 3. The first-order chi connectivity index (χ1) is 17.3. The molecule has 0 fully saturated rings. The van der Waals surface area contributed by atoms with Gasteiger partial charge in [0.05, 0.1) is 6.04 Å². The summed E-state index contributed by atoms with van der Waals surface area (Å²) in [5, 5.41) is 7.04. The molecule has 0 radical (unpaired) electrons. The molecule has 7 heteroatoms. The highest BCUT2D eigenvalue weighted by atomic mass is 16.2. The predicted molar refractivity (Wildman–Crippen MR) is 139 cm³/mol. The highest BCUT2D eigenvalue weighted by molar-refractivity contribution is 6.04. The van der Waals surface area contributed by atoms with Crippen LogP contribution in [-0.2, 0) is 16.0 Å². The lowest BCUT2D eigenvalue weighted by Gasteiger charge is -2.38. The number of para-hydroxylation sites is 1. The maximum atomic E-state index is 13.8. The van der Waals surface area contributed by atoms with Gasteiger partial charge in [-0.25, -0.2) is 0 Å². The number of amides is 3. The van der Waals surface area contributed by atoms with Gasteiger partial charge < -0.3 is 20.5 Å². The third kappa shape index (κ3) is 4.16. The zero-order valence-corrected chi connectivity index (χ0v) is 21.3. The molecule has 2 aliphatic heterocycles. The summed E-state index contributed by atoms with van der Waals surface area (Å²) in [5.74, 6) is -0.0874. The van der Waals surface area contributed by atoms with Gasteiger partial charge in [0.25, 0.3) is 5.91 Å². The van der Waals surface area contributed by atoms with Gasteiger partial charge in [-0.1, -0.05) is 64.1 Å². The average Bonchev–Trinajstić information content (AvgIpc) is 3.37. The first kappa shape index (κ1) is 24.1. The Labute approximate surface area is 211 Å². The lowest BCUT2D eigenvalue weighted by Crippen LogP contribution is -2.57. The zero-order valence-electron chi connectivity index (χ0n) is 21.3. The van der Waals surface area contributed by atoms with Crippen LogP contribution in [0.4, 0.5) is 0 Å². The second kappa shape index (κ2) is 9.45. The van der Waals surface area contributed by atoms with Gasteiger partial charge in [-0.3, -0.25) is 14.4 Å². The number of carbonyl (C=O) groups is 3. The molecule has 0 spiro atoms. The fourth-order valence-corrected chi connectivity index (χ4v) is 5.54. The SMILES string of the molecule is CC(C)CNC(=O)[C@H](CC(C)C)NC(=O)[C@@H]1Cc2c([nH]c3ccccc23)[C@H]2c3ccccc3C(=O)N21. The third-order valence-electron chi connectivity index (χ3n) is 7.18. The molecule has 36 heavy (non-hydrogen) atoms. The Bertz CT molecular complexity index is 1330. The zero-order chi connectivity index (χ0) is 25.6. The van der Waals surface area contributed by atoms with Crippen LogP contribution in [0.1, 0.15) is 67.3 Å². The van der Waals surface area contributed by atoms with Gasteiger partial charge >= 0.3 is 0 Å². The Balaban J connectivity index is 1.51. The van der Waals surface area contributed by atoms with Gasteiger partial charge in [-0.05, 0) is 41.5 Å². The fraction of sp³-hybridized carbons (Fsp3) is 0.414. The average molecular weight is 487 g/mol. The molecule has 3 heterocycles. The molecule has 2 aromatic carbocycles. The van der Waals surface area contributed by atoms with Crippen molar-refractivity contribution < 1.29 is 14.4 Å². The van der Waals surface area contributed by atoms with E-state index in [2.05, 4.69) is 21.7 Å². The monoisotopic (exact) mass is 486 g/mol. The van der Waals surface area contributed by atoms with E-state index in [1.807, 2.05) is 70.2 Å². The molecule has 3 N–H and O–H groups in total. The normalized spacial score (nSPS) is 19.3. The second-order valence-corrected chi connectivity index (χ2v) is 10.8. The Morgan fingerprint density at radius 1 is 1.03 bits per heavy atom. The summed E-state index contributed by atoms with van der Waals surface area (Å²) in [6.07, 6.45) is 0.918. The number of benzene rings is 2. The van der Waals surface area contributed by atoms with Crippen LogP contribution in [0, 0.1) is 11.8 Å². The smallest absolute Gasteiger partial charge is 0.255 e. The van der Waals surface area contributed by atoms with E-state index in [0.29, 0.717) is 30.9 Å². The van der Waals surface area contributed by atoms with Gasteiger partial charge in [0.15, 0.2) is 0 Å². The standard InChI is InChI=1S/C29H34N4O3/c1-16(2)13-23(27(34)30-15-17(3)4)32-28(35)24-14-21-18-9-7-8-12-22(18)31-25(21)26-19-10-5-6-11-20(19)29(36)33(24)26/h5-12,16-17,23-24,26,31H,13-15H2,1-4H3,(H,30,34)(H,32,35)/t23-,24-,26+/m0/s1. The van der Waals surface area contributed by atoms with Gasteiger partial charge in [-0.15, -0.1) is 0 Å². The molecule has 3 amide bonds. The number of aromatic nitrogens is 1. The highest BCUT2D eigenvalue weighted by Crippen LogP contribution is 2.46. The summed E-state index contributed by atoms with van der Waals surface area (Å²) in [6.45, 7) is 8.68. The molecular formula is C29H34N4O3. The van der Waals surface area contributed by atoms with Crippen molar-refractivity contribution in [3.63, 3.8) is 0 Å². The Hall–Kier alpha value is -3.61. The molecule has 0 unspecified atom stereocenters. The Morgan fingerprint density at radius 3 is 2.50 bits per heavy atom. The number of H-pyrrole nitrogens is 1. The number of aromatic amines is 1. The largest absolute Gasteiger partial charge is 0.356 e. The van der Waals surface area contributed by atoms with Crippen LogP contribution >= 0.6 is 0 Å². The molecule has 7 nitrogen and oxygen atoms in total. The molecular weight excluding hydrogens is 452 g/mol. The molecule has 3 aromatic rings. The predicted octanol–water partition coefficient (Wildman–Crippen LogP) is 3.94. The van der Waals surface area contributed by atoms with Crippen molar-refractivity contribution in [3.8, 4) is 0 Å². The second-order valence-electron chi connectivity index (χ2n) is 10.8. The van der Waals surface area contributed by atoms with Crippen LogP contribution in [0.25, 0.3) is 10.9 Å². The first-order valence-electron chi connectivity index (χ1n) is 12.8. The highest BCUT2D eigenvalue weighted by Gasteiger charge is 2.49. The molecule has 0 bridgehead atoms. The lowest BCUT2D eigenvalue weighted by atomic mass is 9.89. The quantitative estimate of drug-likeness (QED) is 0.472. The molecule has 188 valence electrons. The van der Waals surface area contributed by atoms with E-state index < -0.39 is 12.1 Å². The van der Waals surface area contributed by atoms with E-state index in [4.69, 9.17) is 0 Å². The Morgan fingerprint density at radius 2 is 1.75 bits per heavy atom. The van der Waals surface area contributed by atoms with Gasteiger partial charge in [0.2, 0.25) is 11.8 Å². The van der Waals surface area contributed by atoms with Gasteiger partial charge in [0, 0.05) is 35.1 Å². The minimum atomic E-state index is -0.714. The lowest BCUT2D eigenvalue weighted by molar-refractivity contribution is -0.132. The minimum absolute atomic E-state index is 0.148. The molecule has 3 atom stereocenters. The maximum absolute atomic E-state index is 13.8. The van der Waals surface area contributed by atoms with E-state index >= 15 is 0 Å². The first-order valence-corrected chi connectivity index (χ1v) is 12.8. The number of hydrogen-bond donors (Lipinski definition) is 3. The van der Waals surface area contributed by atoms with Crippen LogP contribution in [0.3, 0.4) is 0 Å². The molecule has 0 aliphatic carbocycles. The minimum Gasteiger partial charge on any atom is -0.356 e. The van der Waals surface area contributed by atoms with E-state index in [1.165, 1.54) is 0 Å². The number of carbonyl (C=O) groups excluding carboxylic acids is 3. The number of rotatable bonds is 7. The van der Waals surface area contributed by atoms with Crippen molar-refractivity contribution in [2.75, 3.05) is 6.54 Å². The van der Waals surface area contributed by atoms with Crippen LogP contribution < -0.4 is 10.6 Å². The summed E-state index contributed by atoms with van der Waals surface area (Å²) in [7, 11) is 0.